The second-order valence-electron chi connectivity index (χ2n) is 4.49. The molecule has 2 unspecified atom stereocenters. The predicted molar refractivity (Wildman–Crippen MR) is 75.1 cm³/mol. The number of aliphatic hydroxyl groups is 1. The van der Waals surface area contributed by atoms with E-state index in [1.807, 2.05) is 12.1 Å². The van der Waals surface area contributed by atoms with Crippen LogP contribution < -0.4 is 10.1 Å². The van der Waals surface area contributed by atoms with Crippen molar-refractivity contribution in [1.29, 1.82) is 0 Å². The van der Waals surface area contributed by atoms with Crippen molar-refractivity contribution < 1.29 is 14.6 Å². The van der Waals surface area contributed by atoms with Crippen LogP contribution >= 0.6 is 0 Å². The molecule has 0 fully saturated rings. The van der Waals surface area contributed by atoms with Gasteiger partial charge >= 0.3 is 0 Å². The molecule has 2 atom stereocenters. The maximum atomic E-state index is 11.6. The molecule has 1 amide bonds. The Bertz CT molecular complexity index is 412. The summed E-state index contributed by atoms with van der Waals surface area (Å²) in [6.45, 7) is 7.41. The van der Waals surface area contributed by atoms with E-state index in [-0.39, 0.29) is 12.0 Å². The molecular weight excluding hydrogens is 242 g/mol. The molecule has 4 heteroatoms. The standard InChI is InChI=1S/C15H21NO3/c1-4-9-16-15(18)12(3)19-14-7-5-13(6-8-14)10-11(2)17/h4-8,11-12,17H,1,9-10H2,2-3H3,(H,16,18). The van der Waals surface area contributed by atoms with E-state index < -0.39 is 6.10 Å². The molecule has 2 N–H and O–H groups in total. The van der Waals surface area contributed by atoms with Crippen LogP contribution in [0.5, 0.6) is 5.75 Å². The van der Waals surface area contributed by atoms with Crippen molar-refractivity contribution in [1.82, 2.24) is 5.32 Å². The number of hydrogen-bond donors (Lipinski definition) is 2. The largest absolute Gasteiger partial charge is 0.481 e. The lowest BCUT2D eigenvalue weighted by atomic mass is 10.1. The van der Waals surface area contributed by atoms with Crippen LogP contribution in [0.4, 0.5) is 0 Å². The molecule has 0 heterocycles. The number of carbonyl (C=O) groups excluding carboxylic acids is 1. The first-order valence-electron chi connectivity index (χ1n) is 6.35. The van der Waals surface area contributed by atoms with Gasteiger partial charge in [0.05, 0.1) is 6.10 Å². The quantitative estimate of drug-likeness (QED) is 0.736. The number of rotatable bonds is 7. The minimum absolute atomic E-state index is 0.173. The van der Waals surface area contributed by atoms with Crippen molar-refractivity contribution in [3.63, 3.8) is 0 Å². The zero-order valence-electron chi connectivity index (χ0n) is 11.4. The van der Waals surface area contributed by atoms with Gasteiger partial charge in [0.15, 0.2) is 6.10 Å². The predicted octanol–water partition coefficient (Wildman–Crippen LogP) is 1.68. The molecule has 19 heavy (non-hydrogen) atoms. The van der Waals surface area contributed by atoms with Gasteiger partial charge in [-0.25, -0.2) is 0 Å². The molecule has 0 aromatic heterocycles. The Kier molecular flexibility index (Phi) is 6.09. The van der Waals surface area contributed by atoms with Crippen molar-refractivity contribution in [3.8, 4) is 5.75 Å². The topological polar surface area (TPSA) is 58.6 Å². The Balaban J connectivity index is 2.52. The lowest BCUT2D eigenvalue weighted by molar-refractivity contribution is -0.127. The number of hydrogen-bond acceptors (Lipinski definition) is 3. The normalized spacial score (nSPS) is 13.4. The average molecular weight is 263 g/mol. The fourth-order valence-electron chi connectivity index (χ4n) is 1.62. The highest BCUT2D eigenvalue weighted by atomic mass is 16.5. The van der Waals surface area contributed by atoms with Gasteiger partial charge in [-0.2, -0.15) is 0 Å². The van der Waals surface area contributed by atoms with Crippen LogP contribution in [0.2, 0.25) is 0 Å². The fraction of sp³-hybridized carbons (Fsp3) is 0.400. The Morgan fingerprint density at radius 2 is 2.05 bits per heavy atom. The Morgan fingerprint density at radius 1 is 1.42 bits per heavy atom. The van der Waals surface area contributed by atoms with Crippen LogP contribution in [0.3, 0.4) is 0 Å². The summed E-state index contributed by atoms with van der Waals surface area (Å²) < 4.78 is 5.52. The summed E-state index contributed by atoms with van der Waals surface area (Å²) in [7, 11) is 0. The van der Waals surface area contributed by atoms with Crippen molar-refractivity contribution in [2.24, 2.45) is 0 Å². The number of ether oxygens (including phenoxy) is 1. The molecule has 104 valence electrons. The monoisotopic (exact) mass is 263 g/mol. The molecule has 0 bridgehead atoms. The molecule has 0 radical (unpaired) electrons. The van der Waals surface area contributed by atoms with Crippen LogP contribution in [0, 0.1) is 0 Å². The third kappa shape index (κ3) is 5.57. The Hall–Kier alpha value is -1.81. The molecule has 1 aromatic carbocycles. The Labute approximate surface area is 114 Å². The zero-order valence-corrected chi connectivity index (χ0v) is 11.4. The summed E-state index contributed by atoms with van der Waals surface area (Å²) in [4.78, 5) is 11.6. The first-order valence-corrected chi connectivity index (χ1v) is 6.35. The van der Waals surface area contributed by atoms with Crippen LogP contribution in [0.25, 0.3) is 0 Å². The van der Waals surface area contributed by atoms with Crippen LogP contribution in [-0.4, -0.2) is 29.8 Å². The van der Waals surface area contributed by atoms with Gasteiger partial charge in [0, 0.05) is 6.54 Å². The average Bonchev–Trinajstić information content (AvgIpc) is 2.37. The van der Waals surface area contributed by atoms with Gasteiger partial charge < -0.3 is 15.2 Å². The van der Waals surface area contributed by atoms with Crippen molar-refractivity contribution in [3.05, 3.63) is 42.5 Å². The second-order valence-corrected chi connectivity index (χ2v) is 4.49. The molecule has 1 rings (SSSR count). The van der Waals surface area contributed by atoms with Gasteiger partial charge in [-0.15, -0.1) is 6.58 Å². The smallest absolute Gasteiger partial charge is 0.261 e. The van der Waals surface area contributed by atoms with Crippen LogP contribution in [-0.2, 0) is 11.2 Å². The van der Waals surface area contributed by atoms with Crippen molar-refractivity contribution in [2.75, 3.05) is 6.54 Å². The first-order chi connectivity index (χ1) is 9.02. The van der Waals surface area contributed by atoms with E-state index in [1.165, 1.54) is 0 Å². The minimum atomic E-state index is -0.553. The second kappa shape index (κ2) is 7.59. The van der Waals surface area contributed by atoms with Crippen molar-refractivity contribution in [2.45, 2.75) is 32.5 Å². The van der Waals surface area contributed by atoms with E-state index in [2.05, 4.69) is 11.9 Å². The molecule has 0 saturated carbocycles. The first kappa shape index (κ1) is 15.2. The van der Waals surface area contributed by atoms with Gasteiger partial charge in [-0.05, 0) is 38.0 Å². The van der Waals surface area contributed by atoms with E-state index in [1.54, 1.807) is 32.1 Å². The fourth-order valence-corrected chi connectivity index (χ4v) is 1.62. The van der Waals surface area contributed by atoms with E-state index >= 15 is 0 Å². The lowest BCUT2D eigenvalue weighted by Gasteiger charge is -2.14. The number of nitrogens with one attached hydrogen (secondary N) is 1. The molecule has 4 nitrogen and oxygen atoms in total. The molecule has 1 aromatic rings. The summed E-state index contributed by atoms with van der Waals surface area (Å²) >= 11 is 0. The Morgan fingerprint density at radius 3 is 2.58 bits per heavy atom. The number of aliphatic hydroxyl groups excluding tert-OH is 1. The summed E-state index contributed by atoms with van der Waals surface area (Å²) in [5, 5.41) is 12.0. The van der Waals surface area contributed by atoms with Crippen LogP contribution in [0.1, 0.15) is 19.4 Å². The zero-order chi connectivity index (χ0) is 14.3. The summed E-state index contributed by atoms with van der Waals surface area (Å²) in [6.07, 6.45) is 1.31. The van der Waals surface area contributed by atoms with E-state index in [9.17, 15) is 9.90 Å². The van der Waals surface area contributed by atoms with Gasteiger partial charge in [0.25, 0.3) is 5.91 Å². The number of benzene rings is 1. The van der Waals surface area contributed by atoms with Crippen LogP contribution in [0.15, 0.2) is 36.9 Å². The van der Waals surface area contributed by atoms with E-state index in [0.717, 1.165) is 5.56 Å². The molecule has 0 aliphatic carbocycles. The third-order valence-corrected chi connectivity index (χ3v) is 2.56. The molecule has 0 aliphatic heterocycles. The molecule has 0 spiro atoms. The highest BCUT2D eigenvalue weighted by molar-refractivity contribution is 5.80. The highest BCUT2D eigenvalue weighted by Gasteiger charge is 2.13. The van der Waals surface area contributed by atoms with Gasteiger partial charge in [-0.1, -0.05) is 18.2 Å². The van der Waals surface area contributed by atoms with Gasteiger partial charge in [0.2, 0.25) is 0 Å². The molecule has 0 saturated heterocycles. The summed E-state index contributed by atoms with van der Waals surface area (Å²) in [5.74, 6) is 0.462. The SMILES string of the molecule is C=CCNC(=O)C(C)Oc1ccc(CC(C)O)cc1. The number of carbonyl (C=O) groups is 1. The minimum Gasteiger partial charge on any atom is -0.481 e. The summed E-state index contributed by atoms with van der Waals surface area (Å²) in [6, 6.07) is 7.37. The molecule has 0 aliphatic rings. The lowest BCUT2D eigenvalue weighted by Crippen LogP contribution is -2.36. The van der Waals surface area contributed by atoms with E-state index in [0.29, 0.717) is 18.7 Å². The van der Waals surface area contributed by atoms with Gasteiger partial charge in [-0.3, -0.25) is 4.79 Å². The summed E-state index contributed by atoms with van der Waals surface area (Å²) in [5.41, 5.74) is 1.03. The van der Waals surface area contributed by atoms with Gasteiger partial charge in [0.1, 0.15) is 5.75 Å². The number of amides is 1. The maximum Gasteiger partial charge on any atom is 0.261 e. The van der Waals surface area contributed by atoms with Crippen molar-refractivity contribution >= 4 is 5.91 Å². The molecular formula is C15H21NO3. The highest BCUT2D eigenvalue weighted by Crippen LogP contribution is 2.15. The maximum absolute atomic E-state index is 11.6. The van der Waals surface area contributed by atoms with E-state index in [4.69, 9.17) is 4.74 Å². The third-order valence-electron chi connectivity index (χ3n) is 2.56.